The number of carbonyl (C=O) groups is 1. The van der Waals surface area contributed by atoms with E-state index in [1.807, 2.05) is 0 Å². The Kier molecular flexibility index (Phi) is 4.65. The minimum absolute atomic E-state index is 0.0336. The maximum Gasteiger partial charge on any atom is 0.417 e. The number of rotatable bonds is 4. The number of carbonyl (C=O) groups excluding carboxylic acids is 1. The number of hydrogen-bond acceptors (Lipinski definition) is 4. The van der Waals surface area contributed by atoms with E-state index in [0.29, 0.717) is 17.7 Å². The Bertz CT molecular complexity index is 637. The summed E-state index contributed by atoms with van der Waals surface area (Å²) in [6.07, 6.45) is -3.48. The smallest absolute Gasteiger partial charge is 0.417 e. The maximum atomic E-state index is 12.4. The van der Waals surface area contributed by atoms with Crippen LogP contribution in [-0.4, -0.2) is 11.0 Å². The second-order valence-corrected chi connectivity index (χ2v) is 4.28. The molecule has 0 radical (unpaired) electrons. The van der Waals surface area contributed by atoms with Crippen molar-refractivity contribution < 1.29 is 27.4 Å². The van der Waals surface area contributed by atoms with E-state index in [4.69, 9.17) is 9.47 Å². The Morgan fingerprint density at radius 3 is 2.23 bits per heavy atom. The average molecular weight is 311 g/mol. The number of alkyl halides is 3. The lowest BCUT2D eigenvalue weighted by Crippen LogP contribution is -2.05. The van der Waals surface area contributed by atoms with Gasteiger partial charge in [-0.25, -0.2) is 4.98 Å². The number of benzene rings is 1. The van der Waals surface area contributed by atoms with Crippen LogP contribution in [-0.2, 0) is 11.0 Å². The van der Waals surface area contributed by atoms with Gasteiger partial charge in [0.1, 0.15) is 11.5 Å². The van der Waals surface area contributed by atoms with E-state index < -0.39 is 11.7 Å². The van der Waals surface area contributed by atoms with E-state index in [1.165, 1.54) is 24.3 Å². The van der Waals surface area contributed by atoms with Gasteiger partial charge >= 0.3 is 12.1 Å². The molecule has 0 aliphatic carbocycles. The van der Waals surface area contributed by atoms with Gasteiger partial charge in [-0.1, -0.05) is 6.92 Å². The minimum atomic E-state index is -4.43. The van der Waals surface area contributed by atoms with E-state index >= 15 is 0 Å². The highest BCUT2D eigenvalue weighted by molar-refractivity contribution is 5.71. The van der Waals surface area contributed by atoms with E-state index in [2.05, 4.69) is 4.98 Å². The Hall–Kier alpha value is -2.57. The molecule has 0 fully saturated rings. The van der Waals surface area contributed by atoms with Gasteiger partial charge in [-0.2, -0.15) is 13.2 Å². The zero-order valence-corrected chi connectivity index (χ0v) is 11.6. The summed E-state index contributed by atoms with van der Waals surface area (Å²) in [7, 11) is 0. The number of nitrogens with zero attached hydrogens (tertiary/aromatic N) is 1. The van der Waals surface area contributed by atoms with Crippen LogP contribution in [0.2, 0.25) is 0 Å². The van der Waals surface area contributed by atoms with E-state index in [9.17, 15) is 18.0 Å². The first-order valence-electron chi connectivity index (χ1n) is 6.40. The molecule has 4 nitrogen and oxygen atoms in total. The van der Waals surface area contributed by atoms with Crippen LogP contribution < -0.4 is 9.47 Å². The van der Waals surface area contributed by atoms with Crippen LogP contribution in [0.15, 0.2) is 42.6 Å². The molecule has 0 aliphatic rings. The van der Waals surface area contributed by atoms with Gasteiger partial charge in [0.2, 0.25) is 5.88 Å². The third kappa shape index (κ3) is 4.21. The highest BCUT2D eigenvalue weighted by Gasteiger charge is 2.30. The fourth-order valence-electron chi connectivity index (χ4n) is 1.51. The van der Waals surface area contributed by atoms with Crippen molar-refractivity contribution in [2.24, 2.45) is 0 Å². The van der Waals surface area contributed by atoms with Crippen molar-refractivity contribution in [1.82, 2.24) is 4.98 Å². The van der Waals surface area contributed by atoms with Crippen LogP contribution in [0.1, 0.15) is 18.9 Å². The fourth-order valence-corrected chi connectivity index (χ4v) is 1.51. The van der Waals surface area contributed by atoms with Crippen molar-refractivity contribution in [3.63, 3.8) is 0 Å². The zero-order chi connectivity index (χ0) is 16.2. The molecule has 2 rings (SSSR count). The third-order valence-electron chi connectivity index (χ3n) is 2.63. The van der Waals surface area contributed by atoms with Crippen molar-refractivity contribution in [3.05, 3.63) is 48.2 Å². The first kappa shape index (κ1) is 15.8. The van der Waals surface area contributed by atoms with E-state index in [0.717, 1.165) is 12.1 Å². The molecule has 1 heterocycles. The number of aromatic nitrogens is 1. The molecule has 22 heavy (non-hydrogen) atoms. The third-order valence-corrected chi connectivity index (χ3v) is 2.63. The second-order valence-electron chi connectivity index (χ2n) is 4.28. The topological polar surface area (TPSA) is 48.4 Å². The molecule has 0 amide bonds. The zero-order valence-electron chi connectivity index (χ0n) is 11.6. The lowest BCUT2D eigenvalue weighted by atomic mass is 10.3. The molecule has 0 aliphatic heterocycles. The molecule has 1 aromatic heterocycles. The second kappa shape index (κ2) is 6.46. The minimum Gasteiger partial charge on any atom is -0.439 e. The monoisotopic (exact) mass is 311 g/mol. The van der Waals surface area contributed by atoms with Gasteiger partial charge in [-0.3, -0.25) is 4.79 Å². The summed E-state index contributed by atoms with van der Waals surface area (Å²) >= 11 is 0. The van der Waals surface area contributed by atoms with Crippen LogP contribution in [0.5, 0.6) is 17.4 Å². The summed E-state index contributed by atoms with van der Waals surface area (Å²) in [5.74, 6) is 0.396. The Morgan fingerprint density at radius 1 is 1.09 bits per heavy atom. The SMILES string of the molecule is CCC(=O)Oc1ccc(Oc2ccc(C(F)(F)F)cn2)cc1. The molecule has 0 unspecified atom stereocenters. The lowest BCUT2D eigenvalue weighted by Gasteiger charge is -2.08. The van der Waals surface area contributed by atoms with E-state index in [-0.39, 0.29) is 18.3 Å². The van der Waals surface area contributed by atoms with Gasteiger partial charge < -0.3 is 9.47 Å². The summed E-state index contributed by atoms with van der Waals surface area (Å²) < 4.78 is 47.5. The van der Waals surface area contributed by atoms with E-state index in [1.54, 1.807) is 6.92 Å². The molecule has 0 saturated carbocycles. The summed E-state index contributed by atoms with van der Waals surface area (Å²) in [6.45, 7) is 1.68. The molecule has 0 N–H and O–H groups in total. The number of pyridine rings is 1. The van der Waals surface area contributed by atoms with Crippen molar-refractivity contribution in [2.75, 3.05) is 0 Å². The summed E-state index contributed by atoms with van der Waals surface area (Å²) in [5, 5.41) is 0. The van der Waals surface area contributed by atoms with Crippen LogP contribution >= 0.6 is 0 Å². The Morgan fingerprint density at radius 2 is 1.73 bits per heavy atom. The van der Waals surface area contributed by atoms with Crippen molar-refractivity contribution in [1.29, 1.82) is 0 Å². The number of esters is 1. The number of ether oxygens (including phenoxy) is 2. The van der Waals surface area contributed by atoms with Crippen LogP contribution in [0, 0.1) is 0 Å². The van der Waals surface area contributed by atoms with Gasteiger partial charge in [0.05, 0.1) is 5.56 Å². The Balaban J connectivity index is 2.03. The first-order chi connectivity index (χ1) is 10.4. The largest absolute Gasteiger partial charge is 0.439 e. The standard InChI is InChI=1S/C15H12F3NO3/c1-2-14(20)22-12-6-4-11(5-7-12)21-13-8-3-10(9-19-13)15(16,17)18/h3-9H,2H2,1H3. The Labute approximate surface area is 124 Å². The molecule has 0 spiro atoms. The predicted molar refractivity (Wildman–Crippen MR) is 71.7 cm³/mol. The molecular weight excluding hydrogens is 299 g/mol. The number of hydrogen-bond donors (Lipinski definition) is 0. The molecule has 0 atom stereocenters. The van der Waals surface area contributed by atoms with Gasteiger partial charge in [0.15, 0.2) is 0 Å². The van der Waals surface area contributed by atoms with Crippen molar-refractivity contribution >= 4 is 5.97 Å². The van der Waals surface area contributed by atoms with Crippen LogP contribution in [0.25, 0.3) is 0 Å². The summed E-state index contributed by atoms with van der Waals surface area (Å²) in [6, 6.07) is 8.11. The summed E-state index contributed by atoms with van der Waals surface area (Å²) in [5.41, 5.74) is -0.846. The lowest BCUT2D eigenvalue weighted by molar-refractivity contribution is -0.138. The van der Waals surface area contributed by atoms with Crippen molar-refractivity contribution in [3.8, 4) is 17.4 Å². The normalized spacial score (nSPS) is 11.1. The van der Waals surface area contributed by atoms with Crippen LogP contribution in [0.3, 0.4) is 0 Å². The quantitative estimate of drug-likeness (QED) is 0.627. The molecule has 0 bridgehead atoms. The van der Waals surface area contributed by atoms with Gasteiger partial charge in [0, 0.05) is 18.7 Å². The highest BCUT2D eigenvalue weighted by Crippen LogP contribution is 2.30. The average Bonchev–Trinajstić information content (AvgIpc) is 2.49. The number of halogens is 3. The van der Waals surface area contributed by atoms with Gasteiger partial charge in [0.25, 0.3) is 0 Å². The maximum absolute atomic E-state index is 12.4. The molecule has 2 aromatic rings. The van der Waals surface area contributed by atoms with Crippen LogP contribution in [0.4, 0.5) is 13.2 Å². The van der Waals surface area contributed by atoms with Crippen molar-refractivity contribution in [2.45, 2.75) is 19.5 Å². The van der Waals surface area contributed by atoms with Gasteiger partial charge in [-0.05, 0) is 30.3 Å². The highest BCUT2D eigenvalue weighted by atomic mass is 19.4. The molecular formula is C15H12F3NO3. The molecule has 7 heteroatoms. The van der Waals surface area contributed by atoms with Gasteiger partial charge in [-0.15, -0.1) is 0 Å². The summed E-state index contributed by atoms with van der Waals surface area (Å²) in [4.78, 5) is 14.7. The predicted octanol–water partition coefficient (Wildman–Crippen LogP) is 4.21. The molecule has 1 aromatic carbocycles. The first-order valence-corrected chi connectivity index (χ1v) is 6.40. The molecule has 116 valence electrons. The molecule has 0 saturated heterocycles. The fraction of sp³-hybridized carbons (Fsp3) is 0.200.